The first-order valence-corrected chi connectivity index (χ1v) is 7.42. The van der Waals surface area contributed by atoms with Crippen molar-refractivity contribution in [2.75, 3.05) is 10.2 Å². The maximum Gasteiger partial charge on any atom is 0.256 e. The van der Waals surface area contributed by atoms with Crippen molar-refractivity contribution in [3.63, 3.8) is 0 Å². The molecule has 0 unspecified atom stereocenters. The molecule has 0 bridgehead atoms. The number of halogens is 1. The molecule has 118 valence electrons. The summed E-state index contributed by atoms with van der Waals surface area (Å²) >= 11 is 0. The van der Waals surface area contributed by atoms with Crippen molar-refractivity contribution in [3.8, 4) is 0 Å². The number of hydrogen-bond acceptors (Lipinski definition) is 3. The van der Waals surface area contributed by atoms with Crippen LogP contribution in [0.25, 0.3) is 0 Å². The van der Waals surface area contributed by atoms with E-state index in [2.05, 4.69) is 5.32 Å². The van der Waals surface area contributed by atoms with Crippen LogP contribution in [0.2, 0.25) is 0 Å². The van der Waals surface area contributed by atoms with Gasteiger partial charge in [0.1, 0.15) is 11.9 Å². The fourth-order valence-corrected chi connectivity index (χ4v) is 2.89. The van der Waals surface area contributed by atoms with E-state index in [1.807, 2.05) is 32.0 Å². The molecule has 2 aromatic carbocycles. The first kappa shape index (κ1) is 15.2. The van der Waals surface area contributed by atoms with Gasteiger partial charge in [-0.1, -0.05) is 18.2 Å². The van der Waals surface area contributed by atoms with Crippen molar-refractivity contribution >= 4 is 23.2 Å². The van der Waals surface area contributed by atoms with Crippen LogP contribution in [0.3, 0.4) is 0 Å². The van der Waals surface area contributed by atoms with Gasteiger partial charge in [0.2, 0.25) is 5.91 Å². The number of rotatable bonds is 3. The Morgan fingerprint density at radius 1 is 1.09 bits per heavy atom. The molecular formula is C18H17FN2O2. The molecule has 1 aliphatic rings. The first-order chi connectivity index (χ1) is 11.0. The minimum absolute atomic E-state index is 0.00669. The molecular weight excluding hydrogens is 295 g/mol. The zero-order valence-electron chi connectivity index (χ0n) is 13.0. The standard InChI is InChI=1S/C18H17FN2O2/c1-11-7-12(2)9-13(8-11)20-15-10-17(22)21(18(15)23)16-6-4-3-5-14(16)19/h3-9,15,20H,10H2,1-2H3/t15-/m0/s1. The van der Waals surface area contributed by atoms with Gasteiger partial charge in [0.15, 0.2) is 0 Å². The van der Waals surface area contributed by atoms with Crippen LogP contribution >= 0.6 is 0 Å². The second-order valence-electron chi connectivity index (χ2n) is 5.80. The Bertz CT molecular complexity index is 768. The molecule has 23 heavy (non-hydrogen) atoms. The Hall–Kier alpha value is -2.69. The van der Waals surface area contributed by atoms with Crippen LogP contribution < -0.4 is 10.2 Å². The third-order valence-corrected chi connectivity index (χ3v) is 3.80. The van der Waals surface area contributed by atoms with Gasteiger partial charge in [-0.2, -0.15) is 0 Å². The average molecular weight is 312 g/mol. The summed E-state index contributed by atoms with van der Waals surface area (Å²) in [6.45, 7) is 3.93. The molecule has 3 rings (SSSR count). The Kier molecular flexibility index (Phi) is 3.86. The number of benzene rings is 2. The van der Waals surface area contributed by atoms with Crippen LogP contribution in [-0.2, 0) is 9.59 Å². The fourth-order valence-electron chi connectivity index (χ4n) is 2.89. The average Bonchev–Trinajstić information content (AvgIpc) is 2.73. The lowest BCUT2D eigenvalue weighted by Gasteiger charge is -2.17. The molecule has 0 saturated carbocycles. The number of hydrogen-bond donors (Lipinski definition) is 1. The van der Waals surface area contributed by atoms with E-state index < -0.39 is 23.7 Å². The molecule has 1 fully saturated rings. The molecule has 1 aliphatic heterocycles. The number of nitrogens with zero attached hydrogens (tertiary/aromatic N) is 1. The lowest BCUT2D eigenvalue weighted by Crippen LogP contribution is -2.35. The molecule has 1 atom stereocenters. The number of carbonyl (C=O) groups excluding carboxylic acids is 2. The van der Waals surface area contributed by atoms with Crippen molar-refractivity contribution in [1.82, 2.24) is 0 Å². The van der Waals surface area contributed by atoms with Crippen LogP contribution in [0.5, 0.6) is 0 Å². The Morgan fingerprint density at radius 2 is 1.74 bits per heavy atom. The van der Waals surface area contributed by atoms with Gasteiger partial charge in [-0.15, -0.1) is 0 Å². The predicted octanol–water partition coefficient (Wildman–Crippen LogP) is 3.19. The largest absolute Gasteiger partial charge is 0.373 e. The van der Waals surface area contributed by atoms with E-state index in [-0.39, 0.29) is 12.1 Å². The molecule has 1 heterocycles. The molecule has 0 aliphatic carbocycles. The van der Waals surface area contributed by atoms with Crippen LogP contribution in [0.15, 0.2) is 42.5 Å². The normalized spacial score (nSPS) is 17.7. The highest BCUT2D eigenvalue weighted by Crippen LogP contribution is 2.27. The van der Waals surface area contributed by atoms with Crippen molar-refractivity contribution in [2.45, 2.75) is 26.3 Å². The van der Waals surface area contributed by atoms with Gasteiger partial charge < -0.3 is 5.32 Å². The minimum atomic E-state index is -0.677. The molecule has 0 aromatic heterocycles. The van der Waals surface area contributed by atoms with E-state index in [9.17, 15) is 14.0 Å². The number of anilines is 2. The number of para-hydroxylation sites is 1. The molecule has 2 amide bonds. The van der Waals surface area contributed by atoms with Crippen LogP contribution in [-0.4, -0.2) is 17.9 Å². The molecule has 1 N–H and O–H groups in total. The van der Waals surface area contributed by atoms with Crippen molar-refractivity contribution < 1.29 is 14.0 Å². The van der Waals surface area contributed by atoms with Gasteiger partial charge in [0.05, 0.1) is 12.1 Å². The third-order valence-electron chi connectivity index (χ3n) is 3.80. The first-order valence-electron chi connectivity index (χ1n) is 7.42. The molecule has 1 saturated heterocycles. The summed E-state index contributed by atoms with van der Waals surface area (Å²) < 4.78 is 13.9. The van der Waals surface area contributed by atoms with Gasteiger partial charge in [-0.25, -0.2) is 9.29 Å². The highest BCUT2D eigenvalue weighted by atomic mass is 19.1. The van der Waals surface area contributed by atoms with Crippen LogP contribution in [0.4, 0.5) is 15.8 Å². The number of carbonyl (C=O) groups is 2. The van der Waals surface area contributed by atoms with Gasteiger partial charge in [0.25, 0.3) is 5.91 Å². The van der Waals surface area contributed by atoms with Crippen LogP contribution in [0.1, 0.15) is 17.5 Å². The van der Waals surface area contributed by atoms with Crippen molar-refractivity contribution in [2.24, 2.45) is 0 Å². The monoisotopic (exact) mass is 312 g/mol. The Labute approximate surface area is 133 Å². The Balaban J connectivity index is 1.85. The molecule has 5 heteroatoms. The molecule has 0 radical (unpaired) electrons. The summed E-state index contributed by atoms with van der Waals surface area (Å²) in [6.07, 6.45) is 0.0140. The zero-order chi connectivity index (χ0) is 16.6. The Morgan fingerprint density at radius 3 is 2.39 bits per heavy atom. The van der Waals surface area contributed by atoms with E-state index >= 15 is 0 Å². The summed E-state index contributed by atoms with van der Waals surface area (Å²) in [5, 5.41) is 3.09. The zero-order valence-corrected chi connectivity index (χ0v) is 13.0. The number of amides is 2. The predicted molar refractivity (Wildman–Crippen MR) is 86.8 cm³/mol. The lowest BCUT2D eigenvalue weighted by molar-refractivity contribution is -0.121. The van der Waals surface area contributed by atoms with Gasteiger partial charge >= 0.3 is 0 Å². The summed E-state index contributed by atoms with van der Waals surface area (Å²) in [7, 11) is 0. The summed E-state index contributed by atoms with van der Waals surface area (Å²) in [6, 6.07) is 11.0. The van der Waals surface area contributed by atoms with Crippen molar-refractivity contribution in [1.29, 1.82) is 0 Å². The number of aryl methyl sites for hydroxylation is 2. The van der Waals surface area contributed by atoms with E-state index in [1.54, 1.807) is 6.07 Å². The quantitative estimate of drug-likeness (QED) is 0.886. The third kappa shape index (κ3) is 2.95. The van der Waals surface area contributed by atoms with Gasteiger partial charge in [-0.05, 0) is 49.2 Å². The summed E-state index contributed by atoms with van der Waals surface area (Å²) in [5.74, 6) is -1.41. The van der Waals surface area contributed by atoms with Gasteiger partial charge in [-0.3, -0.25) is 9.59 Å². The number of imide groups is 1. The molecule has 4 nitrogen and oxygen atoms in total. The number of nitrogens with one attached hydrogen (secondary N) is 1. The second kappa shape index (κ2) is 5.83. The molecule has 0 spiro atoms. The minimum Gasteiger partial charge on any atom is -0.373 e. The maximum atomic E-state index is 13.9. The van der Waals surface area contributed by atoms with E-state index in [0.29, 0.717) is 0 Å². The maximum absolute atomic E-state index is 13.9. The molecule has 2 aromatic rings. The highest BCUT2D eigenvalue weighted by Gasteiger charge is 2.40. The van der Waals surface area contributed by atoms with E-state index in [0.717, 1.165) is 21.7 Å². The highest BCUT2D eigenvalue weighted by molar-refractivity contribution is 6.23. The summed E-state index contributed by atoms with van der Waals surface area (Å²) in [4.78, 5) is 25.6. The topological polar surface area (TPSA) is 49.4 Å². The summed E-state index contributed by atoms with van der Waals surface area (Å²) in [5.41, 5.74) is 2.92. The lowest BCUT2D eigenvalue weighted by atomic mass is 10.1. The van der Waals surface area contributed by atoms with Crippen molar-refractivity contribution in [3.05, 3.63) is 59.4 Å². The van der Waals surface area contributed by atoms with Crippen LogP contribution in [0, 0.1) is 19.7 Å². The smallest absolute Gasteiger partial charge is 0.256 e. The SMILES string of the molecule is Cc1cc(C)cc(N[C@H]2CC(=O)N(c3ccccc3F)C2=O)c1. The van der Waals surface area contributed by atoms with E-state index in [4.69, 9.17) is 0 Å². The van der Waals surface area contributed by atoms with Gasteiger partial charge in [0, 0.05) is 5.69 Å². The van der Waals surface area contributed by atoms with E-state index in [1.165, 1.54) is 18.2 Å². The second-order valence-corrected chi connectivity index (χ2v) is 5.80. The fraction of sp³-hybridized carbons (Fsp3) is 0.222.